The van der Waals surface area contributed by atoms with E-state index in [1.807, 2.05) is 19.4 Å². The summed E-state index contributed by atoms with van der Waals surface area (Å²) in [6.45, 7) is 4.14. The molecule has 11 heavy (non-hydrogen) atoms. The van der Waals surface area contributed by atoms with Gasteiger partial charge in [-0.15, -0.1) is 0 Å². The SMILES string of the molecule is CC[N+]1(CO)C=CN(C)C1.[Br-]. The Kier molecular flexibility index (Phi) is 4.07. The van der Waals surface area contributed by atoms with E-state index in [1.54, 1.807) is 0 Å². The monoisotopic (exact) mass is 222 g/mol. The number of aliphatic hydroxyl groups excluding tert-OH is 1. The van der Waals surface area contributed by atoms with Gasteiger partial charge >= 0.3 is 0 Å². The van der Waals surface area contributed by atoms with Crippen molar-refractivity contribution in [2.75, 3.05) is 27.0 Å². The van der Waals surface area contributed by atoms with Gasteiger partial charge in [-0.1, -0.05) is 0 Å². The average molecular weight is 223 g/mol. The maximum atomic E-state index is 9.03. The molecule has 1 aliphatic heterocycles. The highest BCUT2D eigenvalue weighted by atomic mass is 79.9. The van der Waals surface area contributed by atoms with E-state index < -0.39 is 0 Å². The first-order chi connectivity index (χ1) is 4.72. The number of aliphatic hydroxyl groups is 1. The summed E-state index contributed by atoms with van der Waals surface area (Å²) in [4.78, 5) is 2.08. The summed E-state index contributed by atoms with van der Waals surface area (Å²) in [5.41, 5.74) is 0. The molecule has 1 N–H and O–H groups in total. The van der Waals surface area contributed by atoms with Crippen molar-refractivity contribution in [1.82, 2.24) is 4.90 Å². The molecule has 0 bridgehead atoms. The second-order valence-electron chi connectivity index (χ2n) is 2.87. The van der Waals surface area contributed by atoms with Gasteiger partial charge < -0.3 is 27.0 Å². The van der Waals surface area contributed by atoms with Crippen molar-refractivity contribution >= 4 is 0 Å². The minimum atomic E-state index is 0. The molecule has 1 unspecified atom stereocenters. The predicted molar refractivity (Wildman–Crippen MR) is 39.7 cm³/mol. The molecule has 3 nitrogen and oxygen atoms in total. The van der Waals surface area contributed by atoms with Crippen molar-refractivity contribution in [2.45, 2.75) is 6.92 Å². The number of rotatable bonds is 2. The normalized spacial score (nSPS) is 28.8. The number of quaternary nitrogens is 1. The highest BCUT2D eigenvalue weighted by molar-refractivity contribution is 4.78. The van der Waals surface area contributed by atoms with Crippen LogP contribution in [0, 0.1) is 0 Å². The summed E-state index contributed by atoms with van der Waals surface area (Å²) < 4.78 is 0.677. The van der Waals surface area contributed by atoms with Gasteiger partial charge in [0.15, 0.2) is 13.4 Å². The van der Waals surface area contributed by atoms with Gasteiger partial charge in [0.25, 0.3) is 0 Å². The molecule has 0 aromatic heterocycles. The molecule has 4 heteroatoms. The summed E-state index contributed by atoms with van der Waals surface area (Å²) in [5.74, 6) is 0. The van der Waals surface area contributed by atoms with Gasteiger partial charge in [0, 0.05) is 7.05 Å². The van der Waals surface area contributed by atoms with Gasteiger partial charge in [0.05, 0.1) is 12.7 Å². The van der Waals surface area contributed by atoms with Crippen LogP contribution < -0.4 is 17.0 Å². The first-order valence-electron chi connectivity index (χ1n) is 3.59. The van der Waals surface area contributed by atoms with Gasteiger partial charge in [0.1, 0.15) is 6.20 Å². The van der Waals surface area contributed by atoms with Crippen LogP contribution in [0.1, 0.15) is 6.92 Å². The number of halogens is 1. The van der Waals surface area contributed by atoms with E-state index in [2.05, 4.69) is 11.8 Å². The summed E-state index contributed by atoms with van der Waals surface area (Å²) in [6.07, 6.45) is 4.06. The molecule has 0 saturated carbocycles. The van der Waals surface area contributed by atoms with E-state index in [4.69, 9.17) is 5.11 Å². The van der Waals surface area contributed by atoms with Crippen molar-refractivity contribution in [1.29, 1.82) is 0 Å². The third-order valence-electron chi connectivity index (χ3n) is 2.05. The number of hydrogen-bond acceptors (Lipinski definition) is 2. The molecular formula is C7H15BrN2O. The molecule has 0 fully saturated rings. The lowest BCUT2D eigenvalue weighted by atomic mass is 10.5. The molecule has 66 valence electrons. The Morgan fingerprint density at radius 1 is 1.64 bits per heavy atom. The maximum absolute atomic E-state index is 9.03. The van der Waals surface area contributed by atoms with E-state index in [1.165, 1.54) is 0 Å². The summed E-state index contributed by atoms with van der Waals surface area (Å²) >= 11 is 0. The van der Waals surface area contributed by atoms with Crippen LogP contribution in [0.25, 0.3) is 0 Å². The minimum absolute atomic E-state index is 0. The Bertz CT molecular complexity index is 145. The zero-order valence-electron chi connectivity index (χ0n) is 7.00. The van der Waals surface area contributed by atoms with E-state index in [-0.39, 0.29) is 23.7 Å². The van der Waals surface area contributed by atoms with E-state index in [9.17, 15) is 0 Å². The number of nitrogens with zero attached hydrogens (tertiary/aromatic N) is 2. The fourth-order valence-corrected chi connectivity index (χ4v) is 1.19. The van der Waals surface area contributed by atoms with Crippen molar-refractivity contribution in [3.63, 3.8) is 0 Å². The van der Waals surface area contributed by atoms with Gasteiger partial charge in [-0.25, -0.2) is 0 Å². The van der Waals surface area contributed by atoms with Gasteiger partial charge in [-0.2, -0.15) is 0 Å². The third kappa shape index (κ3) is 2.18. The molecule has 0 saturated heterocycles. The molecular weight excluding hydrogens is 208 g/mol. The summed E-state index contributed by atoms with van der Waals surface area (Å²) in [6, 6.07) is 0. The highest BCUT2D eigenvalue weighted by Crippen LogP contribution is 2.14. The Balaban J connectivity index is 0.000001000. The highest BCUT2D eigenvalue weighted by Gasteiger charge is 2.27. The van der Waals surface area contributed by atoms with Gasteiger partial charge in [-0.3, -0.25) is 4.48 Å². The lowest BCUT2D eigenvalue weighted by molar-refractivity contribution is -0.897. The quantitative estimate of drug-likeness (QED) is 0.509. The fourth-order valence-electron chi connectivity index (χ4n) is 1.19. The van der Waals surface area contributed by atoms with Crippen LogP contribution in [0.15, 0.2) is 12.4 Å². The van der Waals surface area contributed by atoms with E-state index in [0.717, 1.165) is 13.2 Å². The first kappa shape index (κ1) is 10.9. The fraction of sp³-hybridized carbons (Fsp3) is 0.714. The Hall–Kier alpha value is -0.0600. The first-order valence-corrected chi connectivity index (χ1v) is 3.59. The lowest BCUT2D eigenvalue weighted by Gasteiger charge is -2.28. The van der Waals surface area contributed by atoms with Gasteiger partial charge in [0.2, 0.25) is 0 Å². The predicted octanol–water partition coefficient (Wildman–Crippen LogP) is -2.85. The van der Waals surface area contributed by atoms with Crippen LogP contribution in [-0.4, -0.2) is 41.5 Å². The standard InChI is InChI=1S/C7H15N2O.BrH/c1-3-9(7-10)5-4-8(2)6-9;/h4-5,10H,3,6-7H2,1-2H3;1H/q+1;/p-1. The van der Waals surface area contributed by atoms with Crippen molar-refractivity contribution < 1.29 is 26.6 Å². The minimum Gasteiger partial charge on any atom is -1.00 e. The average Bonchev–Trinajstić information content (AvgIpc) is 2.33. The molecule has 0 aliphatic carbocycles. The summed E-state index contributed by atoms with van der Waals surface area (Å²) in [7, 11) is 2.02. The topological polar surface area (TPSA) is 23.5 Å². The zero-order chi connectivity index (χ0) is 7.61. The molecule has 1 atom stereocenters. The smallest absolute Gasteiger partial charge is 0.186 e. The van der Waals surface area contributed by atoms with Crippen LogP contribution in [-0.2, 0) is 0 Å². The molecule has 0 radical (unpaired) electrons. The lowest BCUT2D eigenvalue weighted by Crippen LogP contribution is -3.00. The molecule has 1 aliphatic rings. The molecule has 0 amide bonds. The molecule has 1 heterocycles. The third-order valence-corrected chi connectivity index (χ3v) is 2.05. The van der Waals surface area contributed by atoms with Crippen molar-refractivity contribution in [3.05, 3.63) is 12.4 Å². The number of hydrogen-bond donors (Lipinski definition) is 1. The molecule has 0 aromatic rings. The van der Waals surface area contributed by atoms with Crippen molar-refractivity contribution in [3.8, 4) is 0 Å². The Labute approximate surface area is 78.3 Å². The van der Waals surface area contributed by atoms with Crippen LogP contribution in [0.4, 0.5) is 0 Å². The summed E-state index contributed by atoms with van der Waals surface area (Å²) in [5, 5.41) is 9.03. The van der Waals surface area contributed by atoms with Crippen LogP contribution in [0.5, 0.6) is 0 Å². The molecule has 0 aromatic carbocycles. The van der Waals surface area contributed by atoms with E-state index >= 15 is 0 Å². The largest absolute Gasteiger partial charge is 1.00 e. The van der Waals surface area contributed by atoms with Crippen LogP contribution >= 0.6 is 0 Å². The van der Waals surface area contributed by atoms with Crippen molar-refractivity contribution in [2.24, 2.45) is 0 Å². The molecule has 0 spiro atoms. The van der Waals surface area contributed by atoms with Gasteiger partial charge in [-0.05, 0) is 6.92 Å². The Morgan fingerprint density at radius 2 is 2.27 bits per heavy atom. The zero-order valence-corrected chi connectivity index (χ0v) is 8.58. The van der Waals surface area contributed by atoms with Crippen LogP contribution in [0.3, 0.4) is 0 Å². The maximum Gasteiger partial charge on any atom is 0.186 e. The second-order valence-corrected chi connectivity index (χ2v) is 2.87. The van der Waals surface area contributed by atoms with E-state index in [0.29, 0.717) is 4.48 Å². The second kappa shape index (κ2) is 4.09. The van der Waals surface area contributed by atoms with Crippen LogP contribution in [0.2, 0.25) is 0 Å². The Morgan fingerprint density at radius 3 is 2.45 bits per heavy atom. The molecule has 1 rings (SSSR count).